The number of carbonyl (C=O) groups excluding carboxylic acids is 1. The lowest BCUT2D eigenvalue weighted by atomic mass is 10.0. The summed E-state index contributed by atoms with van der Waals surface area (Å²) in [6.07, 6.45) is 9.22. The van der Waals surface area contributed by atoms with Gasteiger partial charge in [-0.1, -0.05) is 84.2 Å². The average molecular weight is 487 g/mol. The lowest BCUT2D eigenvalue weighted by Crippen LogP contribution is -2.38. The van der Waals surface area contributed by atoms with Gasteiger partial charge in [-0.3, -0.25) is 9.36 Å². The van der Waals surface area contributed by atoms with Crippen LogP contribution in [0.1, 0.15) is 31.0 Å². The molecule has 1 unspecified atom stereocenters. The van der Waals surface area contributed by atoms with E-state index in [2.05, 4.69) is 4.99 Å². The van der Waals surface area contributed by atoms with E-state index in [0.717, 1.165) is 16.9 Å². The van der Waals surface area contributed by atoms with Crippen LogP contribution in [-0.2, 0) is 9.53 Å². The quantitative estimate of drug-likeness (QED) is 0.471. The number of thiazole rings is 1. The third-order valence-corrected chi connectivity index (χ3v) is 6.49. The second kappa shape index (κ2) is 11.0. The standard InChI is InChI=1S/C28H26N2O4S/c1-4-34-27(32)25-19(2)29-28-30(22(25)18-17-20-11-6-5-7-12-20)26(31)24(35-28)16-10-14-21-13-8-9-15-23(21)33-3/h5-18,22H,4H2,1-3H3. The minimum atomic E-state index is -0.620. The lowest BCUT2D eigenvalue weighted by molar-refractivity contribution is -0.139. The Labute approximate surface area is 207 Å². The molecule has 2 aromatic carbocycles. The summed E-state index contributed by atoms with van der Waals surface area (Å²) >= 11 is 1.29. The van der Waals surface area contributed by atoms with Crippen molar-refractivity contribution in [3.63, 3.8) is 0 Å². The Bertz CT molecular complexity index is 1490. The Hall–Kier alpha value is -3.97. The predicted octanol–water partition coefficient (Wildman–Crippen LogP) is 4.14. The number of rotatable bonds is 7. The average Bonchev–Trinajstić information content (AvgIpc) is 3.18. The molecular weight excluding hydrogens is 460 g/mol. The number of methoxy groups -OCH3 is 1. The number of aromatic nitrogens is 1. The molecule has 4 rings (SSSR count). The first kappa shape index (κ1) is 24.2. The second-order valence-electron chi connectivity index (χ2n) is 7.74. The fourth-order valence-electron chi connectivity index (χ4n) is 3.84. The number of fused-ring (bicyclic) bond motifs is 1. The maximum atomic E-state index is 13.4. The maximum Gasteiger partial charge on any atom is 0.338 e. The summed E-state index contributed by atoms with van der Waals surface area (Å²) in [4.78, 5) is 31.4. The molecule has 3 aromatic rings. The molecule has 0 amide bonds. The molecule has 0 radical (unpaired) electrons. The Balaban J connectivity index is 1.79. The second-order valence-corrected chi connectivity index (χ2v) is 8.75. The van der Waals surface area contributed by atoms with Crippen molar-refractivity contribution < 1.29 is 14.3 Å². The molecular formula is C28H26N2O4S. The summed E-state index contributed by atoms with van der Waals surface area (Å²) in [5.41, 5.74) is 2.57. The molecule has 0 fully saturated rings. The topological polar surface area (TPSA) is 69.9 Å². The van der Waals surface area contributed by atoms with Crippen molar-refractivity contribution in [3.8, 4) is 5.75 Å². The molecule has 0 N–H and O–H groups in total. The largest absolute Gasteiger partial charge is 0.496 e. The predicted molar refractivity (Wildman–Crippen MR) is 140 cm³/mol. The lowest BCUT2D eigenvalue weighted by Gasteiger charge is -2.21. The Morgan fingerprint density at radius 2 is 1.86 bits per heavy atom. The van der Waals surface area contributed by atoms with E-state index in [1.165, 1.54) is 11.3 Å². The molecule has 0 saturated carbocycles. The molecule has 35 heavy (non-hydrogen) atoms. The van der Waals surface area contributed by atoms with Crippen LogP contribution < -0.4 is 19.6 Å². The van der Waals surface area contributed by atoms with Gasteiger partial charge in [-0.05, 0) is 31.6 Å². The Morgan fingerprint density at radius 3 is 2.60 bits per heavy atom. The van der Waals surface area contributed by atoms with Crippen molar-refractivity contribution in [1.29, 1.82) is 0 Å². The van der Waals surface area contributed by atoms with Crippen LogP contribution in [0.3, 0.4) is 0 Å². The number of benzene rings is 2. The SMILES string of the molecule is CCOC(=O)C1=C(C)N=c2sc(=CC=Cc3ccccc3OC)c(=O)n2C1C=Cc1ccccc1. The molecule has 0 spiro atoms. The van der Waals surface area contributed by atoms with Crippen molar-refractivity contribution in [3.05, 3.63) is 109 Å². The van der Waals surface area contributed by atoms with Gasteiger partial charge in [0.2, 0.25) is 0 Å². The van der Waals surface area contributed by atoms with Crippen molar-refractivity contribution >= 4 is 35.5 Å². The first-order chi connectivity index (χ1) is 17.0. The minimum absolute atomic E-state index is 0.213. The zero-order valence-electron chi connectivity index (χ0n) is 19.8. The molecule has 2 heterocycles. The number of carbonyl (C=O) groups is 1. The van der Waals surface area contributed by atoms with Crippen LogP contribution in [0.2, 0.25) is 0 Å². The highest BCUT2D eigenvalue weighted by Gasteiger charge is 2.30. The first-order valence-corrected chi connectivity index (χ1v) is 12.1. The number of para-hydroxylation sites is 1. The van der Waals surface area contributed by atoms with E-state index in [-0.39, 0.29) is 12.2 Å². The van der Waals surface area contributed by atoms with E-state index in [4.69, 9.17) is 9.47 Å². The van der Waals surface area contributed by atoms with Gasteiger partial charge < -0.3 is 9.47 Å². The van der Waals surface area contributed by atoms with Gasteiger partial charge in [0.25, 0.3) is 5.56 Å². The van der Waals surface area contributed by atoms with Gasteiger partial charge in [0, 0.05) is 5.56 Å². The molecule has 0 aliphatic carbocycles. The summed E-state index contributed by atoms with van der Waals surface area (Å²) in [6.45, 7) is 3.77. The summed E-state index contributed by atoms with van der Waals surface area (Å²) in [7, 11) is 1.62. The van der Waals surface area contributed by atoms with E-state index in [1.54, 1.807) is 31.6 Å². The number of nitrogens with zero attached hydrogens (tertiary/aromatic N) is 2. The van der Waals surface area contributed by atoms with Crippen LogP contribution in [-0.4, -0.2) is 24.3 Å². The minimum Gasteiger partial charge on any atom is -0.496 e. The first-order valence-electron chi connectivity index (χ1n) is 11.3. The highest BCUT2D eigenvalue weighted by Crippen LogP contribution is 2.26. The van der Waals surface area contributed by atoms with Crippen LogP contribution in [0.5, 0.6) is 5.75 Å². The van der Waals surface area contributed by atoms with E-state index in [9.17, 15) is 9.59 Å². The van der Waals surface area contributed by atoms with Crippen LogP contribution in [0.4, 0.5) is 0 Å². The van der Waals surface area contributed by atoms with Crippen LogP contribution in [0, 0.1) is 0 Å². The van der Waals surface area contributed by atoms with Gasteiger partial charge in [0.15, 0.2) is 4.80 Å². The van der Waals surface area contributed by atoms with Crippen LogP contribution in [0.25, 0.3) is 18.2 Å². The molecule has 7 heteroatoms. The summed E-state index contributed by atoms with van der Waals surface area (Å²) in [6, 6.07) is 16.8. The van der Waals surface area contributed by atoms with Crippen LogP contribution >= 0.6 is 11.3 Å². The number of ether oxygens (including phenoxy) is 2. The van der Waals surface area contributed by atoms with Crippen LogP contribution in [0.15, 0.2) is 87.8 Å². The fourth-order valence-corrected chi connectivity index (χ4v) is 4.85. The smallest absolute Gasteiger partial charge is 0.338 e. The maximum absolute atomic E-state index is 13.4. The fraction of sp³-hybridized carbons (Fsp3) is 0.179. The van der Waals surface area contributed by atoms with Crippen molar-refractivity contribution in [1.82, 2.24) is 4.57 Å². The van der Waals surface area contributed by atoms with Gasteiger partial charge in [-0.2, -0.15) is 0 Å². The number of esters is 1. The monoisotopic (exact) mass is 486 g/mol. The van der Waals surface area contributed by atoms with Crippen molar-refractivity contribution in [2.24, 2.45) is 4.99 Å². The van der Waals surface area contributed by atoms with Gasteiger partial charge in [-0.25, -0.2) is 9.79 Å². The van der Waals surface area contributed by atoms with E-state index >= 15 is 0 Å². The molecule has 1 aromatic heterocycles. The normalized spacial score (nSPS) is 16.0. The summed E-state index contributed by atoms with van der Waals surface area (Å²) in [5.74, 6) is 0.279. The summed E-state index contributed by atoms with van der Waals surface area (Å²) < 4.78 is 12.8. The Kier molecular flexibility index (Phi) is 7.57. The zero-order valence-corrected chi connectivity index (χ0v) is 20.6. The molecule has 1 atom stereocenters. The third kappa shape index (κ3) is 5.25. The zero-order chi connectivity index (χ0) is 24.8. The highest BCUT2D eigenvalue weighted by atomic mass is 32.1. The number of hydrogen-bond acceptors (Lipinski definition) is 6. The molecule has 1 aliphatic rings. The van der Waals surface area contributed by atoms with E-state index < -0.39 is 12.0 Å². The van der Waals surface area contributed by atoms with E-state index in [1.807, 2.05) is 78.9 Å². The molecule has 0 saturated heterocycles. The molecule has 6 nitrogen and oxygen atoms in total. The number of allylic oxidation sites excluding steroid dienone is 3. The van der Waals surface area contributed by atoms with Gasteiger partial charge in [0.1, 0.15) is 5.75 Å². The Morgan fingerprint density at radius 1 is 1.11 bits per heavy atom. The van der Waals surface area contributed by atoms with Crippen molar-refractivity contribution in [2.75, 3.05) is 13.7 Å². The van der Waals surface area contributed by atoms with Gasteiger partial charge >= 0.3 is 5.97 Å². The molecule has 1 aliphatic heterocycles. The molecule has 0 bridgehead atoms. The van der Waals surface area contributed by atoms with Gasteiger partial charge in [-0.15, -0.1) is 0 Å². The number of hydrogen-bond donors (Lipinski definition) is 0. The van der Waals surface area contributed by atoms with Crippen molar-refractivity contribution in [2.45, 2.75) is 19.9 Å². The highest BCUT2D eigenvalue weighted by molar-refractivity contribution is 7.07. The van der Waals surface area contributed by atoms with Gasteiger partial charge in [0.05, 0.1) is 35.6 Å². The summed E-state index contributed by atoms with van der Waals surface area (Å²) in [5, 5.41) is 0. The molecule has 178 valence electrons. The third-order valence-electron chi connectivity index (χ3n) is 5.49. The van der Waals surface area contributed by atoms with E-state index in [0.29, 0.717) is 20.6 Å².